The predicted octanol–water partition coefficient (Wildman–Crippen LogP) is 9.82. The average molecular weight is 775 g/mol. The maximum Gasteiger partial charge on any atom is 0.343 e. The number of rotatable bonds is 10. The highest BCUT2D eigenvalue weighted by atomic mass is 16.7. The number of esters is 2. The molecular formula is C48H38O10. The zero-order valence-electron chi connectivity index (χ0n) is 31.3. The third kappa shape index (κ3) is 6.76. The minimum Gasteiger partial charge on any atom is -0.478 e. The first kappa shape index (κ1) is 36.6. The highest BCUT2D eigenvalue weighted by Gasteiger charge is 2.49. The molecule has 2 aliphatic heterocycles. The van der Waals surface area contributed by atoms with Gasteiger partial charge in [0.25, 0.3) is 0 Å². The minimum atomic E-state index is -1.53. The number of ether oxygens (including phenoxy) is 6. The van der Waals surface area contributed by atoms with E-state index in [1.54, 1.807) is 0 Å². The Bertz CT molecular complexity index is 2400. The number of fused-ring (bicyclic) bond motifs is 2. The molecule has 6 aromatic rings. The van der Waals surface area contributed by atoms with Crippen molar-refractivity contribution in [1.82, 2.24) is 0 Å². The van der Waals surface area contributed by atoms with Gasteiger partial charge in [0.1, 0.15) is 0 Å². The van der Waals surface area contributed by atoms with Crippen LogP contribution in [0.4, 0.5) is 0 Å². The summed E-state index contributed by atoms with van der Waals surface area (Å²) in [6.45, 7) is 0. The number of hydrogen-bond donors (Lipinski definition) is 1. The van der Waals surface area contributed by atoms with Crippen LogP contribution in [0, 0.1) is 5.92 Å². The number of carboxylic acid groups (broad SMARTS) is 1. The lowest BCUT2D eigenvalue weighted by molar-refractivity contribution is -0.136. The van der Waals surface area contributed by atoms with Gasteiger partial charge in [0.05, 0.1) is 11.1 Å². The van der Waals surface area contributed by atoms with E-state index >= 15 is 0 Å². The van der Waals surface area contributed by atoms with Gasteiger partial charge < -0.3 is 33.5 Å². The van der Waals surface area contributed by atoms with Crippen LogP contribution in [0.1, 0.15) is 81.5 Å². The van der Waals surface area contributed by atoms with Crippen LogP contribution < -0.4 is 28.4 Å². The van der Waals surface area contributed by atoms with Gasteiger partial charge in [-0.2, -0.15) is 0 Å². The van der Waals surface area contributed by atoms with E-state index in [0.29, 0.717) is 22.3 Å². The van der Waals surface area contributed by atoms with Crippen molar-refractivity contribution in [2.24, 2.45) is 5.92 Å². The van der Waals surface area contributed by atoms with Crippen molar-refractivity contribution in [3.05, 3.63) is 179 Å². The first-order chi connectivity index (χ1) is 28.3. The maximum atomic E-state index is 14.3. The van der Waals surface area contributed by atoms with Crippen LogP contribution in [0.2, 0.25) is 0 Å². The van der Waals surface area contributed by atoms with Crippen LogP contribution >= 0.6 is 0 Å². The number of carbonyl (C=O) groups excluding carboxylic acids is 2. The second-order valence-electron chi connectivity index (χ2n) is 14.6. The Morgan fingerprint density at radius 3 is 1.40 bits per heavy atom. The Balaban J connectivity index is 1.11. The van der Waals surface area contributed by atoms with Crippen molar-refractivity contribution in [3.63, 3.8) is 0 Å². The summed E-state index contributed by atoms with van der Waals surface area (Å²) < 4.78 is 38.6. The second-order valence-corrected chi connectivity index (χ2v) is 14.6. The molecule has 0 unspecified atom stereocenters. The normalized spacial score (nSPS) is 16.0. The van der Waals surface area contributed by atoms with Gasteiger partial charge in [0, 0.05) is 28.7 Å². The summed E-state index contributed by atoms with van der Waals surface area (Å²) in [7, 11) is 0. The van der Waals surface area contributed by atoms with Crippen molar-refractivity contribution >= 4 is 17.9 Å². The number of carbonyl (C=O) groups is 3. The SMILES string of the molecule is O=C(CC1CCCCC1)Oc1cc(C(=O)Oc2cc(C(=O)O)cc3c2OC(c2ccccc2)(c2ccccc2)O3)cc2c1OC(c1ccccc1)(c1ccccc1)O2. The molecule has 0 aromatic heterocycles. The number of hydrogen-bond acceptors (Lipinski definition) is 9. The lowest BCUT2D eigenvalue weighted by Crippen LogP contribution is -2.36. The molecule has 6 aromatic carbocycles. The molecule has 0 spiro atoms. The van der Waals surface area contributed by atoms with E-state index in [-0.39, 0.29) is 58.0 Å². The van der Waals surface area contributed by atoms with Gasteiger partial charge in [-0.1, -0.05) is 141 Å². The van der Waals surface area contributed by atoms with Crippen LogP contribution in [-0.2, 0) is 16.4 Å². The Kier molecular flexibility index (Phi) is 9.53. The lowest BCUT2D eigenvalue weighted by Gasteiger charge is -2.28. The molecule has 10 nitrogen and oxygen atoms in total. The minimum absolute atomic E-state index is 0.0183. The van der Waals surface area contributed by atoms with Gasteiger partial charge in [-0.25, -0.2) is 9.59 Å². The summed E-state index contributed by atoms with van der Waals surface area (Å²) in [6, 6.07) is 42.5. The molecule has 1 fully saturated rings. The third-order valence-electron chi connectivity index (χ3n) is 10.7. The zero-order valence-corrected chi connectivity index (χ0v) is 31.3. The summed E-state index contributed by atoms with van der Waals surface area (Å²) in [5, 5.41) is 10.1. The van der Waals surface area contributed by atoms with Crippen LogP contribution in [-0.4, -0.2) is 23.0 Å². The number of carboxylic acids is 1. The van der Waals surface area contributed by atoms with Gasteiger partial charge in [0.2, 0.25) is 11.5 Å². The Morgan fingerprint density at radius 1 is 0.534 bits per heavy atom. The van der Waals surface area contributed by atoms with E-state index in [1.807, 2.05) is 121 Å². The maximum absolute atomic E-state index is 14.3. The molecule has 1 saturated carbocycles. The molecular weight excluding hydrogens is 737 g/mol. The summed E-state index contributed by atoms with van der Waals surface area (Å²) in [6.07, 6.45) is 5.34. The summed E-state index contributed by atoms with van der Waals surface area (Å²) >= 11 is 0. The summed E-state index contributed by atoms with van der Waals surface area (Å²) in [4.78, 5) is 40.3. The molecule has 3 aliphatic rings. The molecule has 58 heavy (non-hydrogen) atoms. The highest BCUT2D eigenvalue weighted by molar-refractivity contribution is 5.95. The molecule has 0 bridgehead atoms. The van der Waals surface area contributed by atoms with Gasteiger partial charge >= 0.3 is 29.5 Å². The fraction of sp³-hybridized carbons (Fsp3) is 0.188. The molecule has 9 rings (SSSR count). The van der Waals surface area contributed by atoms with Crippen LogP contribution in [0.3, 0.4) is 0 Å². The lowest BCUT2D eigenvalue weighted by atomic mass is 9.87. The van der Waals surface area contributed by atoms with Crippen molar-refractivity contribution < 1.29 is 47.9 Å². The van der Waals surface area contributed by atoms with Gasteiger partial charge in [-0.05, 0) is 43.0 Å². The van der Waals surface area contributed by atoms with Gasteiger partial charge in [-0.3, -0.25) is 4.79 Å². The van der Waals surface area contributed by atoms with Crippen molar-refractivity contribution in [3.8, 4) is 34.5 Å². The molecule has 0 radical (unpaired) electrons. The molecule has 1 aliphatic carbocycles. The molecule has 0 saturated heterocycles. The van der Waals surface area contributed by atoms with Crippen molar-refractivity contribution in [2.45, 2.75) is 50.1 Å². The molecule has 0 amide bonds. The summed E-state index contributed by atoms with van der Waals surface area (Å²) in [5.74, 6) is -5.30. The first-order valence-electron chi connectivity index (χ1n) is 19.3. The predicted molar refractivity (Wildman–Crippen MR) is 211 cm³/mol. The largest absolute Gasteiger partial charge is 0.478 e. The van der Waals surface area contributed by atoms with E-state index in [0.717, 1.165) is 32.1 Å². The second kappa shape index (κ2) is 15.1. The smallest absolute Gasteiger partial charge is 0.343 e. The number of aromatic carboxylic acids is 1. The quantitative estimate of drug-likeness (QED) is 0.106. The van der Waals surface area contributed by atoms with E-state index < -0.39 is 29.5 Å². The van der Waals surface area contributed by atoms with Crippen LogP contribution in [0.5, 0.6) is 34.5 Å². The molecule has 290 valence electrons. The third-order valence-corrected chi connectivity index (χ3v) is 10.7. The Hall–Kier alpha value is -7.07. The highest BCUT2D eigenvalue weighted by Crippen LogP contribution is 2.55. The van der Waals surface area contributed by atoms with Crippen molar-refractivity contribution in [2.75, 3.05) is 0 Å². The Labute approximate surface area is 334 Å². The number of benzene rings is 6. The standard InChI is InChI=1S/C48H38O10/c49-42(26-31-16-6-1-7-17-31)53-38-29-33(30-41-43(38)57-48(56-41,36-22-12-4-13-23-36)37-24-14-5-15-25-37)46(52)54-39-27-32(45(50)51)28-40-44(39)58-47(55-40,34-18-8-2-9-19-34)35-20-10-3-11-21-35/h2-5,8-15,18-25,27-31H,1,6-7,16-17,26H2,(H,50,51). The molecule has 0 atom stereocenters. The summed E-state index contributed by atoms with van der Waals surface area (Å²) in [5.41, 5.74) is 2.34. The average Bonchev–Trinajstić information content (AvgIpc) is 3.87. The Morgan fingerprint density at radius 2 is 0.948 bits per heavy atom. The van der Waals surface area contributed by atoms with Gasteiger partial charge in [-0.15, -0.1) is 0 Å². The van der Waals surface area contributed by atoms with E-state index in [2.05, 4.69) is 0 Å². The fourth-order valence-corrected chi connectivity index (χ4v) is 7.92. The van der Waals surface area contributed by atoms with Gasteiger partial charge in [0.15, 0.2) is 23.0 Å². The van der Waals surface area contributed by atoms with E-state index in [9.17, 15) is 19.5 Å². The molecule has 10 heteroatoms. The molecule has 1 N–H and O–H groups in total. The van der Waals surface area contributed by atoms with E-state index in [1.165, 1.54) is 24.3 Å². The first-order valence-corrected chi connectivity index (χ1v) is 19.3. The van der Waals surface area contributed by atoms with Crippen molar-refractivity contribution in [1.29, 1.82) is 0 Å². The molecule has 2 heterocycles. The van der Waals surface area contributed by atoms with E-state index in [4.69, 9.17) is 28.4 Å². The van der Waals surface area contributed by atoms with Crippen LogP contribution in [0.25, 0.3) is 0 Å². The zero-order chi connectivity index (χ0) is 39.7. The topological polar surface area (TPSA) is 127 Å². The monoisotopic (exact) mass is 774 g/mol. The van der Waals surface area contributed by atoms with Crippen LogP contribution in [0.15, 0.2) is 146 Å². The fourth-order valence-electron chi connectivity index (χ4n) is 7.92.